The van der Waals surface area contributed by atoms with Gasteiger partial charge in [-0.25, -0.2) is 0 Å². The zero-order chi connectivity index (χ0) is 13.8. The van der Waals surface area contributed by atoms with Crippen LogP contribution in [-0.2, 0) is 6.42 Å². The van der Waals surface area contributed by atoms with Crippen LogP contribution in [0.4, 0.5) is 0 Å². The van der Waals surface area contributed by atoms with E-state index in [4.69, 9.17) is 10.6 Å². The van der Waals surface area contributed by atoms with E-state index in [1.165, 1.54) is 11.1 Å². The number of ether oxygens (including phenoxy) is 1. The minimum absolute atomic E-state index is 0.0817. The van der Waals surface area contributed by atoms with E-state index in [1.807, 2.05) is 12.1 Å². The van der Waals surface area contributed by atoms with Crippen LogP contribution in [0.1, 0.15) is 22.7 Å². The molecule has 0 amide bonds. The largest absolute Gasteiger partial charge is 0.496 e. The minimum atomic E-state index is 0.0817. The quantitative estimate of drug-likeness (QED) is 0.646. The van der Waals surface area contributed by atoms with Gasteiger partial charge < -0.3 is 4.74 Å². The van der Waals surface area contributed by atoms with Crippen molar-refractivity contribution in [1.29, 1.82) is 0 Å². The zero-order valence-corrected chi connectivity index (χ0v) is 13.3. The smallest absolute Gasteiger partial charge is 0.122 e. The Labute approximate surface area is 125 Å². The van der Waals surface area contributed by atoms with E-state index in [-0.39, 0.29) is 6.04 Å². The fourth-order valence-electron chi connectivity index (χ4n) is 2.07. The van der Waals surface area contributed by atoms with Gasteiger partial charge in [-0.3, -0.25) is 11.3 Å². The van der Waals surface area contributed by atoms with E-state index in [0.717, 1.165) is 21.5 Å². The molecule has 0 saturated heterocycles. The molecule has 1 aromatic carbocycles. The SMILES string of the molecule is COc1ccc(C)cc1CC(NN)c1csc(Br)c1. The first-order valence-corrected chi connectivity index (χ1v) is 7.65. The Morgan fingerprint density at radius 2 is 2.21 bits per heavy atom. The summed E-state index contributed by atoms with van der Waals surface area (Å²) >= 11 is 5.14. The lowest BCUT2D eigenvalue weighted by Gasteiger charge is -2.17. The summed E-state index contributed by atoms with van der Waals surface area (Å²) < 4.78 is 6.52. The van der Waals surface area contributed by atoms with Crippen LogP contribution in [0, 0.1) is 6.92 Å². The Morgan fingerprint density at radius 1 is 1.42 bits per heavy atom. The molecule has 1 aromatic heterocycles. The summed E-state index contributed by atoms with van der Waals surface area (Å²) in [5, 5.41) is 2.11. The predicted octanol–water partition coefficient (Wildman–Crippen LogP) is 3.57. The highest BCUT2D eigenvalue weighted by Gasteiger charge is 2.15. The van der Waals surface area contributed by atoms with Crippen molar-refractivity contribution < 1.29 is 4.74 Å². The molecule has 0 bridgehead atoms. The second-order valence-electron chi connectivity index (χ2n) is 4.42. The summed E-state index contributed by atoms with van der Waals surface area (Å²) in [5.41, 5.74) is 6.44. The number of hydrogen-bond donors (Lipinski definition) is 2. The molecular formula is C14H17BrN2OS. The van der Waals surface area contributed by atoms with Gasteiger partial charge in [0, 0.05) is 0 Å². The second kappa shape index (κ2) is 6.52. The minimum Gasteiger partial charge on any atom is -0.496 e. The predicted molar refractivity (Wildman–Crippen MR) is 83.5 cm³/mol. The molecule has 1 atom stereocenters. The van der Waals surface area contributed by atoms with Gasteiger partial charge in [0.25, 0.3) is 0 Å². The maximum atomic E-state index is 5.69. The molecule has 0 spiro atoms. The molecule has 102 valence electrons. The van der Waals surface area contributed by atoms with Crippen LogP contribution >= 0.6 is 27.3 Å². The molecule has 0 aliphatic carbocycles. The number of rotatable bonds is 5. The summed E-state index contributed by atoms with van der Waals surface area (Å²) in [6, 6.07) is 8.37. The van der Waals surface area contributed by atoms with E-state index < -0.39 is 0 Å². The van der Waals surface area contributed by atoms with Crippen molar-refractivity contribution in [2.24, 2.45) is 5.84 Å². The van der Waals surface area contributed by atoms with Gasteiger partial charge in [-0.15, -0.1) is 11.3 Å². The van der Waals surface area contributed by atoms with Gasteiger partial charge in [0.1, 0.15) is 5.75 Å². The van der Waals surface area contributed by atoms with Crippen molar-refractivity contribution in [3.8, 4) is 5.75 Å². The fourth-order valence-corrected chi connectivity index (χ4v) is 3.30. The molecule has 0 radical (unpaired) electrons. The van der Waals surface area contributed by atoms with Crippen molar-refractivity contribution in [2.45, 2.75) is 19.4 Å². The van der Waals surface area contributed by atoms with E-state index in [0.29, 0.717) is 0 Å². The summed E-state index contributed by atoms with van der Waals surface area (Å²) in [6.07, 6.45) is 0.796. The average Bonchev–Trinajstić information content (AvgIpc) is 2.82. The Balaban J connectivity index is 2.25. The van der Waals surface area contributed by atoms with Crippen molar-refractivity contribution >= 4 is 27.3 Å². The normalized spacial score (nSPS) is 12.4. The third-order valence-corrected chi connectivity index (χ3v) is 4.57. The topological polar surface area (TPSA) is 47.3 Å². The Bertz CT molecular complexity index is 556. The first-order valence-electron chi connectivity index (χ1n) is 5.97. The first kappa shape index (κ1) is 14.5. The number of aryl methyl sites for hydroxylation is 1. The van der Waals surface area contributed by atoms with Gasteiger partial charge in [0.05, 0.1) is 16.9 Å². The first-order chi connectivity index (χ1) is 9.13. The lowest BCUT2D eigenvalue weighted by molar-refractivity contribution is 0.405. The second-order valence-corrected chi connectivity index (χ2v) is 6.71. The monoisotopic (exact) mass is 340 g/mol. The van der Waals surface area contributed by atoms with Crippen LogP contribution < -0.4 is 16.0 Å². The van der Waals surface area contributed by atoms with Crippen molar-refractivity contribution in [3.05, 3.63) is 50.1 Å². The maximum absolute atomic E-state index is 5.69. The molecule has 19 heavy (non-hydrogen) atoms. The van der Waals surface area contributed by atoms with E-state index >= 15 is 0 Å². The average molecular weight is 341 g/mol. The number of halogens is 1. The highest BCUT2D eigenvalue weighted by atomic mass is 79.9. The maximum Gasteiger partial charge on any atom is 0.122 e. The number of methoxy groups -OCH3 is 1. The lowest BCUT2D eigenvalue weighted by atomic mass is 9.99. The third-order valence-electron chi connectivity index (χ3n) is 3.05. The van der Waals surface area contributed by atoms with Gasteiger partial charge in [-0.05, 0) is 57.9 Å². The van der Waals surface area contributed by atoms with E-state index in [9.17, 15) is 0 Å². The highest BCUT2D eigenvalue weighted by Crippen LogP contribution is 2.29. The standard InChI is InChI=1S/C14H17BrN2OS/c1-9-3-4-13(18-2)10(5-9)6-12(17-16)11-7-14(15)19-8-11/h3-5,7-8,12,17H,6,16H2,1-2H3. The molecule has 1 heterocycles. The van der Waals surface area contributed by atoms with Crippen LogP contribution in [0.5, 0.6) is 5.75 Å². The van der Waals surface area contributed by atoms with Crippen LogP contribution in [-0.4, -0.2) is 7.11 Å². The zero-order valence-electron chi connectivity index (χ0n) is 10.9. The van der Waals surface area contributed by atoms with E-state index in [2.05, 4.69) is 45.8 Å². The number of thiophene rings is 1. The summed E-state index contributed by atoms with van der Waals surface area (Å²) in [5.74, 6) is 6.59. The molecule has 5 heteroatoms. The molecule has 3 nitrogen and oxygen atoms in total. The Kier molecular flexibility index (Phi) is 4.99. The third kappa shape index (κ3) is 3.57. The van der Waals surface area contributed by atoms with Crippen LogP contribution in [0.25, 0.3) is 0 Å². The molecule has 0 saturated carbocycles. The summed E-state index contributed by atoms with van der Waals surface area (Å²) in [4.78, 5) is 0. The number of hydrogen-bond acceptors (Lipinski definition) is 4. The van der Waals surface area contributed by atoms with Crippen molar-refractivity contribution in [2.75, 3.05) is 7.11 Å². The van der Waals surface area contributed by atoms with Crippen molar-refractivity contribution in [3.63, 3.8) is 0 Å². The van der Waals surface area contributed by atoms with Crippen LogP contribution in [0.2, 0.25) is 0 Å². The molecule has 0 aliphatic heterocycles. The molecule has 1 unspecified atom stereocenters. The van der Waals surface area contributed by atoms with Crippen molar-refractivity contribution in [1.82, 2.24) is 5.43 Å². The summed E-state index contributed by atoms with van der Waals surface area (Å²) in [7, 11) is 1.69. The molecular weight excluding hydrogens is 324 g/mol. The lowest BCUT2D eigenvalue weighted by Crippen LogP contribution is -2.29. The number of benzene rings is 1. The summed E-state index contributed by atoms with van der Waals surface area (Å²) in [6.45, 7) is 2.08. The van der Waals surface area contributed by atoms with Gasteiger partial charge >= 0.3 is 0 Å². The molecule has 0 fully saturated rings. The van der Waals surface area contributed by atoms with E-state index in [1.54, 1.807) is 18.4 Å². The number of hydrazine groups is 1. The number of nitrogens with two attached hydrogens (primary N) is 1. The van der Waals surface area contributed by atoms with Gasteiger partial charge in [0.15, 0.2) is 0 Å². The van der Waals surface area contributed by atoms with Crippen LogP contribution in [0.15, 0.2) is 33.4 Å². The van der Waals surface area contributed by atoms with Gasteiger partial charge in [-0.1, -0.05) is 17.7 Å². The molecule has 3 N–H and O–H groups in total. The molecule has 2 rings (SSSR count). The van der Waals surface area contributed by atoms with Gasteiger partial charge in [0.2, 0.25) is 0 Å². The van der Waals surface area contributed by atoms with Crippen LogP contribution in [0.3, 0.4) is 0 Å². The number of nitrogens with one attached hydrogen (secondary N) is 1. The molecule has 0 aliphatic rings. The Morgan fingerprint density at radius 3 is 2.79 bits per heavy atom. The molecule has 2 aromatic rings. The fraction of sp³-hybridized carbons (Fsp3) is 0.286. The highest BCUT2D eigenvalue weighted by molar-refractivity contribution is 9.11. The Hall–Kier alpha value is -0.880. The van der Waals surface area contributed by atoms with Gasteiger partial charge in [-0.2, -0.15) is 0 Å².